The lowest BCUT2D eigenvalue weighted by Gasteiger charge is -2.43. The molecule has 1 atom stereocenters. The van der Waals surface area contributed by atoms with E-state index in [9.17, 15) is 20.1 Å². The molecule has 4 nitrogen and oxygen atoms in total. The highest BCUT2D eigenvalue weighted by atomic mass is 16.4. The van der Waals surface area contributed by atoms with Gasteiger partial charge in [0, 0.05) is 6.42 Å². The molecule has 1 aliphatic carbocycles. The summed E-state index contributed by atoms with van der Waals surface area (Å²) in [5.74, 6) is -0.943. The maximum atomic E-state index is 11.3. The van der Waals surface area contributed by atoms with Gasteiger partial charge in [-0.05, 0) is 80.8 Å². The van der Waals surface area contributed by atoms with Crippen LogP contribution in [0.25, 0.3) is 22.3 Å². The van der Waals surface area contributed by atoms with Crippen LogP contribution in [0.5, 0.6) is 0 Å². The fourth-order valence-electron chi connectivity index (χ4n) is 5.26. The van der Waals surface area contributed by atoms with E-state index in [0.29, 0.717) is 6.42 Å². The zero-order chi connectivity index (χ0) is 24.7. The highest BCUT2D eigenvalue weighted by molar-refractivity contribution is 5.88. The summed E-state index contributed by atoms with van der Waals surface area (Å²) in [7, 11) is 0. The van der Waals surface area contributed by atoms with Gasteiger partial charge >= 0.3 is 5.97 Å². The van der Waals surface area contributed by atoms with Gasteiger partial charge in [0.1, 0.15) is 0 Å². The van der Waals surface area contributed by atoms with Gasteiger partial charge in [-0.1, -0.05) is 70.2 Å². The third-order valence-corrected chi connectivity index (χ3v) is 7.38. The van der Waals surface area contributed by atoms with Gasteiger partial charge in [-0.2, -0.15) is 0 Å². The van der Waals surface area contributed by atoms with Gasteiger partial charge in [-0.15, -0.1) is 0 Å². The van der Waals surface area contributed by atoms with Crippen molar-refractivity contribution in [2.75, 3.05) is 6.61 Å². The van der Waals surface area contributed by atoms with Crippen LogP contribution in [-0.2, 0) is 17.3 Å². The van der Waals surface area contributed by atoms with Crippen LogP contribution in [-0.4, -0.2) is 34.0 Å². The molecule has 3 N–H and O–H groups in total. The first-order valence-electron chi connectivity index (χ1n) is 11.9. The molecule has 3 aromatic rings. The van der Waals surface area contributed by atoms with Gasteiger partial charge in [0.15, 0.2) is 0 Å². The van der Waals surface area contributed by atoms with Gasteiger partial charge in [-0.25, -0.2) is 4.79 Å². The highest BCUT2D eigenvalue weighted by Crippen LogP contribution is 2.50. The molecule has 0 saturated heterocycles. The first-order chi connectivity index (χ1) is 16.0. The largest absolute Gasteiger partial charge is 0.478 e. The predicted octanol–water partition coefficient (Wildman–Crippen LogP) is 5.96. The first-order valence-corrected chi connectivity index (χ1v) is 11.9. The monoisotopic (exact) mass is 458 g/mol. The number of aliphatic hydroxyl groups is 2. The Labute approximate surface area is 201 Å². The van der Waals surface area contributed by atoms with Crippen molar-refractivity contribution in [2.45, 2.75) is 63.9 Å². The number of rotatable bonds is 6. The van der Waals surface area contributed by atoms with E-state index in [1.807, 2.05) is 24.3 Å². The number of aromatic carboxylic acids is 1. The normalized spacial score (nSPS) is 17.1. The molecule has 0 radical (unpaired) electrons. The zero-order valence-corrected chi connectivity index (χ0v) is 20.4. The topological polar surface area (TPSA) is 77.8 Å². The number of hydrogen-bond donors (Lipinski definition) is 3. The van der Waals surface area contributed by atoms with E-state index in [1.54, 1.807) is 12.1 Å². The van der Waals surface area contributed by atoms with Crippen LogP contribution >= 0.6 is 0 Å². The molecule has 0 aromatic heterocycles. The first kappa shape index (κ1) is 24.2. The molecule has 4 rings (SSSR count). The predicted molar refractivity (Wildman–Crippen MR) is 136 cm³/mol. The summed E-state index contributed by atoms with van der Waals surface area (Å²) < 4.78 is 0. The molecule has 0 fully saturated rings. The fraction of sp³-hybridized carbons (Fsp3) is 0.367. The molecule has 34 heavy (non-hydrogen) atoms. The number of carbonyl (C=O) groups is 1. The second kappa shape index (κ2) is 9.01. The molecular formula is C30H34O4. The lowest BCUT2D eigenvalue weighted by molar-refractivity contribution is 0.0697. The van der Waals surface area contributed by atoms with E-state index in [-0.39, 0.29) is 23.0 Å². The third kappa shape index (κ3) is 4.53. The zero-order valence-electron chi connectivity index (χ0n) is 20.4. The Kier molecular flexibility index (Phi) is 6.41. The fourth-order valence-corrected chi connectivity index (χ4v) is 5.26. The van der Waals surface area contributed by atoms with Gasteiger partial charge < -0.3 is 15.3 Å². The Bertz CT molecular complexity index is 1200. The summed E-state index contributed by atoms with van der Waals surface area (Å²) in [6.07, 6.45) is 1.75. The van der Waals surface area contributed by atoms with Gasteiger partial charge in [-0.3, -0.25) is 0 Å². The molecular weight excluding hydrogens is 424 g/mol. The molecule has 178 valence electrons. The molecule has 0 saturated carbocycles. The maximum absolute atomic E-state index is 11.3. The smallest absolute Gasteiger partial charge is 0.335 e. The van der Waals surface area contributed by atoms with E-state index in [1.165, 1.54) is 16.7 Å². The van der Waals surface area contributed by atoms with Crippen molar-refractivity contribution in [3.63, 3.8) is 0 Å². The summed E-state index contributed by atoms with van der Waals surface area (Å²) >= 11 is 0. The Morgan fingerprint density at radius 1 is 0.882 bits per heavy atom. The van der Waals surface area contributed by atoms with E-state index >= 15 is 0 Å². The minimum atomic E-state index is -0.943. The molecule has 0 heterocycles. The van der Waals surface area contributed by atoms with Crippen LogP contribution in [0.1, 0.15) is 67.6 Å². The third-order valence-electron chi connectivity index (χ3n) is 7.38. The Hall–Kier alpha value is -2.95. The molecule has 0 aliphatic heterocycles. The number of hydrogen-bond acceptors (Lipinski definition) is 3. The maximum Gasteiger partial charge on any atom is 0.335 e. The van der Waals surface area contributed by atoms with Gasteiger partial charge in [0.2, 0.25) is 0 Å². The molecule has 1 unspecified atom stereocenters. The molecule has 0 amide bonds. The van der Waals surface area contributed by atoms with Crippen LogP contribution in [0.4, 0.5) is 0 Å². The summed E-state index contributed by atoms with van der Waals surface area (Å²) in [4.78, 5) is 11.3. The summed E-state index contributed by atoms with van der Waals surface area (Å²) in [6, 6.07) is 19.6. The van der Waals surface area contributed by atoms with Crippen LogP contribution in [0.3, 0.4) is 0 Å². The van der Waals surface area contributed by atoms with Gasteiger partial charge in [0.25, 0.3) is 0 Å². The Morgan fingerprint density at radius 2 is 1.53 bits per heavy atom. The van der Waals surface area contributed by atoms with Crippen LogP contribution in [0.2, 0.25) is 0 Å². The average Bonchev–Trinajstić information content (AvgIpc) is 2.82. The standard InChI is InChI=1S/C30H34O4/c1-29(2)14-15-30(3,4)27-24(6-5-7-26(27)29)25-17-21(12-13-22(25)16-23(32)18-31)19-8-10-20(11-9-19)28(33)34/h5-13,17,23,31-32H,14-16,18H2,1-4H3,(H,33,34). The summed E-state index contributed by atoms with van der Waals surface area (Å²) in [5, 5.41) is 29.0. The lowest BCUT2D eigenvalue weighted by atomic mass is 9.61. The van der Waals surface area contributed by atoms with Crippen LogP contribution < -0.4 is 0 Å². The minimum Gasteiger partial charge on any atom is -0.478 e. The number of benzene rings is 3. The number of carboxylic acids is 1. The Morgan fingerprint density at radius 3 is 2.18 bits per heavy atom. The second-order valence-electron chi connectivity index (χ2n) is 10.8. The average molecular weight is 459 g/mol. The minimum absolute atomic E-state index is 0.00739. The molecule has 4 heteroatoms. The van der Waals surface area contributed by atoms with Crippen molar-refractivity contribution in [2.24, 2.45) is 0 Å². The van der Waals surface area contributed by atoms with E-state index in [2.05, 4.69) is 52.0 Å². The quantitative estimate of drug-likeness (QED) is 0.426. The molecule has 3 aromatic carbocycles. The van der Waals surface area contributed by atoms with E-state index in [4.69, 9.17) is 0 Å². The van der Waals surface area contributed by atoms with Crippen molar-refractivity contribution in [3.8, 4) is 22.3 Å². The van der Waals surface area contributed by atoms with Gasteiger partial charge in [0.05, 0.1) is 18.3 Å². The molecule has 1 aliphatic rings. The molecule has 0 spiro atoms. The van der Waals surface area contributed by atoms with Crippen molar-refractivity contribution in [3.05, 3.63) is 82.9 Å². The SMILES string of the molecule is CC1(C)CCC(C)(C)c2c(-c3cc(-c4ccc(C(=O)O)cc4)ccc3CC(O)CO)cccc21. The number of carboxylic acid groups (broad SMARTS) is 1. The second-order valence-corrected chi connectivity index (χ2v) is 10.8. The summed E-state index contributed by atoms with van der Waals surface area (Å²) in [6.45, 7) is 8.94. The number of fused-ring (bicyclic) bond motifs is 1. The Balaban J connectivity index is 1.93. The van der Waals surface area contributed by atoms with Crippen LogP contribution in [0, 0.1) is 0 Å². The van der Waals surface area contributed by atoms with Crippen molar-refractivity contribution >= 4 is 5.97 Å². The van der Waals surface area contributed by atoms with Crippen LogP contribution in [0.15, 0.2) is 60.7 Å². The summed E-state index contributed by atoms with van der Waals surface area (Å²) in [5.41, 5.74) is 8.19. The molecule has 0 bridgehead atoms. The van der Waals surface area contributed by atoms with Crippen molar-refractivity contribution in [1.29, 1.82) is 0 Å². The number of aliphatic hydroxyl groups excluding tert-OH is 2. The van der Waals surface area contributed by atoms with E-state index < -0.39 is 12.1 Å². The van der Waals surface area contributed by atoms with E-state index in [0.717, 1.165) is 35.1 Å². The highest BCUT2D eigenvalue weighted by Gasteiger charge is 2.38. The van der Waals surface area contributed by atoms with Crippen molar-refractivity contribution < 1.29 is 20.1 Å². The van der Waals surface area contributed by atoms with Crippen molar-refractivity contribution in [1.82, 2.24) is 0 Å². The lowest BCUT2D eigenvalue weighted by Crippen LogP contribution is -2.34.